The van der Waals surface area contributed by atoms with Crippen molar-refractivity contribution >= 4 is 43.5 Å². The Morgan fingerprint density at radius 3 is 2.47 bits per heavy atom. The first-order valence-electron chi connectivity index (χ1n) is 5.16. The van der Waals surface area contributed by atoms with E-state index < -0.39 is 17.5 Å². The molecule has 0 atom stereocenters. The second kappa shape index (κ2) is 5.42. The highest BCUT2D eigenvalue weighted by atomic mass is 79.9. The first-order valence-corrected chi connectivity index (χ1v) is 6.75. The molecule has 0 aliphatic rings. The fourth-order valence-corrected chi connectivity index (χ4v) is 2.39. The topological polar surface area (TPSA) is 34.0 Å². The molecule has 1 N–H and O–H groups in total. The number of nitrogens with zero attached hydrogens (tertiary/aromatic N) is 1. The molecule has 0 bridgehead atoms. The molecule has 7 heteroatoms. The zero-order valence-corrected chi connectivity index (χ0v) is 12.8. The third-order valence-electron chi connectivity index (χ3n) is 2.46. The van der Waals surface area contributed by atoms with Crippen LogP contribution in [0, 0.1) is 11.6 Å². The first kappa shape index (κ1) is 14.2. The predicted molar refractivity (Wildman–Crippen MR) is 75.1 cm³/mol. The largest absolute Gasteiger partial charge is 0.345 e. The number of amides is 1. The van der Waals surface area contributed by atoms with Crippen LogP contribution in [-0.2, 0) is 7.05 Å². The number of aromatic nitrogens is 1. The Morgan fingerprint density at radius 1 is 1.21 bits per heavy atom. The van der Waals surface area contributed by atoms with Crippen molar-refractivity contribution in [3.63, 3.8) is 0 Å². The average molecular weight is 394 g/mol. The highest BCUT2D eigenvalue weighted by molar-refractivity contribution is 9.10. The summed E-state index contributed by atoms with van der Waals surface area (Å²) in [7, 11) is 1.68. The van der Waals surface area contributed by atoms with Gasteiger partial charge in [-0.2, -0.15) is 0 Å². The lowest BCUT2D eigenvalue weighted by molar-refractivity contribution is 0.101. The van der Waals surface area contributed by atoms with Crippen LogP contribution in [0.25, 0.3) is 0 Å². The number of hydrogen-bond acceptors (Lipinski definition) is 1. The molecule has 3 nitrogen and oxygen atoms in total. The summed E-state index contributed by atoms with van der Waals surface area (Å²) in [5, 5.41) is 2.33. The van der Waals surface area contributed by atoms with Gasteiger partial charge in [0, 0.05) is 23.8 Å². The number of halogens is 4. The molecule has 2 aromatic rings. The number of hydrogen-bond donors (Lipinski definition) is 1. The molecule has 1 heterocycles. The Bertz CT molecular complexity index is 655. The molecule has 2 rings (SSSR count). The van der Waals surface area contributed by atoms with Crippen molar-refractivity contribution in [1.82, 2.24) is 4.57 Å². The van der Waals surface area contributed by atoms with E-state index in [1.807, 2.05) is 0 Å². The number of aryl methyl sites for hydroxylation is 1. The standard InChI is InChI=1S/C12H8Br2F2N2O/c1-18-5-6(13)2-11(18)12(19)17-10-4-8(15)7(14)3-9(10)16/h2-5H,1H3,(H,17,19). The van der Waals surface area contributed by atoms with Gasteiger partial charge in [-0.15, -0.1) is 0 Å². The molecule has 0 aliphatic heterocycles. The first-order chi connectivity index (χ1) is 8.88. The predicted octanol–water partition coefficient (Wildman–Crippen LogP) is 4.08. The van der Waals surface area contributed by atoms with Crippen LogP contribution in [0.2, 0.25) is 0 Å². The molecule has 0 spiro atoms. The van der Waals surface area contributed by atoms with Crippen molar-refractivity contribution in [2.24, 2.45) is 7.05 Å². The SMILES string of the molecule is Cn1cc(Br)cc1C(=O)Nc1cc(F)c(Br)cc1F. The smallest absolute Gasteiger partial charge is 0.272 e. The van der Waals surface area contributed by atoms with Gasteiger partial charge < -0.3 is 9.88 Å². The summed E-state index contributed by atoms with van der Waals surface area (Å²) in [5.41, 5.74) is 0.123. The molecular weight excluding hydrogens is 386 g/mol. The van der Waals surface area contributed by atoms with E-state index in [0.717, 1.165) is 16.6 Å². The van der Waals surface area contributed by atoms with E-state index in [-0.39, 0.29) is 10.2 Å². The molecule has 1 aromatic heterocycles. The lowest BCUT2D eigenvalue weighted by atomic mass is 10.3. The van der Waals surface area contributed by atoms with Gasteiger partial charge in [0.05, 0.1) is 10.2 Å². The number of nitrogens with one attached hydrogen (secondary N) is 1. The molecule has 1 aromatic carbocycles. The van der Waals surface area contributed by atoms with Crippen LogP contribution in [0.1, 0.15) is 10.5 Å². The zero-order chi connectivity index (χ0) is 14.2. The molecule has 100 valence electrons. The summed E-state index contributed by atoms with van der Waals surface area (Å²) in [4.78, 5) is 11.9. The van der Waals surface area contributed by atoms with Crippen LogP contribution in [0.15, 0.2) is 33.3 Å². The number of anilines is 1. The van der Waals surface area contributed by atoms with Crippen LogP contribution < -0.4 is 5.32 Å². The quantitative estimate of drug-likeness (QED) is 0.766. The Morgan fingerprint density at radius 2 is 1.89 bits per heavy atom. The van der Waals surface area contributed by atoms with Crippen LogP contribution in [0.5, 0.6) is 0 Å². The van der Waals surface area contributed by atoms with Crippen molar-refractivity contribution in [3.05, 3.63) is 50.7 Å². The number of carbonyl (C=O) groups is 1. The zero-order valence-electron chi connectivity index (χ0n) is 9.68. The lowest BCUT2D eigenvalue weighted by Crippen LogP contribution is -2.16. The van der Waals surface area contributed by atoms with E-state index >= 15 is 0 Å². The lowest BCUT2D eigenvalue weighted by Gasteiger charge is -2.08. The summed E-state index contributed by atoms with van der Waals surface area (Å²) in [6.45, 7) is 0. The van der Waals surface area contributed by atoms with E-state index in [1.165, 1.54) is 0 Å². The molecule has 0 aliphatic carbocycles. The van der Waals surface area contributed by atoms with Crippen LogP contribution >= 0.6 is 31.9 Å². The van der Waals surface area contributed by atoms with Gasteiger partial charge in [0.15, 0.2) is 0 Å². The third kappa shape index (κ3) is 3.03. The normalized spacial score (nSPS) is 10.6. The Balaban J connectivity index is 2.29. The van der Waals surface area contributed by atoms with Crippen molar-refractivity contribution in [2.75, 3.05) is 5.32 Å². The number of rotatable bonds is 2. The summed E-state index contributed by atoms with van der Waals surface area (Å²) < 4.78 is 29.2. The van der Waals surface area contributed by atoms with E-state index in [2.05, 4.69) is 37.2 Å². The number of benzene rings is 1. The van der Waals surface area contributed by atoms with Gasteiger partial charge in [-0.3, -0.25) is 4.79 Å². The van der Waals surface area contributed by atoms with Gasteiger partial charge in [-0.05, 0) is 44.0 Å². The maximum atomic E-state index is 13.6. The second-order valence-electron chi connectivity index (χ2n) is 3.85. The Kier molecular flexibility index (Phi) is 4.05. The average Bonchev–Trinajstić information content (AvgIpc) is 2.65. The third-order valence-corrected chi connectivity index (χ3v) is 3.50. The van der Waals surface area contributed by atoms with Crippen molar-refractivity contribution < 1.29 is 13.6 Å². The van der Waals surface area contributed by atoms with Gasteiger partial charge >= 0.3 is 0 Å². The van der Waals surface area contributed by atoms with Gasteiger partial charge in [0.2, 0.25) is 0 Å². The fraction of sp³-hybridized carbons (Fsp3) is 0.0833. The summed E-state index contributed by atoms with van der Waals surface area (Å²) >= 11 is 6.10. The van der Waals surface area contributed by atoms with Crippen LogP contribution in [-0.4, -0.2) is 10.5 Å². The molecule has 0 radical (unpaired) electrons. The summed E-state index contributed by atoms with van der Waals surface area (Å²) in [5.74, 6) is -1.88. The van der Waals surface area contributed by atoms with Gasteiger partial charge in [0.25, 0.3) is 5.91 Å². The van der Waals surface area contributed by atoms with E-state index in [9.17, 15) is 13.6 Å². The minimum Gasteiger partial charge on any atom is -0.345 e. The monoisotopic (exact) mass is 392 g/mol. The fourth-order valence-electron chi connectivity index (χ4n) is 1.55. The highest BCUT2D eigenvalue weighted by Gasteiger charge is 2.15. The summed E-state index contributed by atoms with van der Waals surface area (Å²) in [6, 6.07) is 3.48. The van der Waals surface area contributed by atoms with Crippen molar-refractivity contribution in [1.29, 1.82) is 0 Å². The summed E-state index contributed by atoms with van der Waals surface area (Å²) in [6.07, 6.45) is 1.69. The molecule has 0 unspecified atom stereocenters. The van der Waals surface area contributed by atoms with E-state index in [1.54, 1.807) is 23.9 Å². The molecule has 0 saturated carbocycles. The van der Waals surface area contributed by atoms with Crippen molar-refractivity contribution in [3.8, 4) is 0 Å². The Labute approximate surface area is 124 Å². The number of carbonyl (C=O) groups excluding carboxylic acids is 1. The minimum absolute atomic E-state index is 0.00427. The maximum absolute atomic E-state index is 13.6. The molecule has 19 heavy (non-hydrogen) atoms. The molecule has 0 saturated heterocycles. The van der Waals surface area contributed by atoms with Crippen LogP contribution in [0.3, 0.4) is 0 Å². The molecule has 1 amide bonds. The van der Waals surface area contributed by atoms with Gasteiger partial charge in [0.1, 0.15) is 17.3 Å². The highest BCUT2D eigenvalue weighted by Crippen LogP contribution is 2.24. The van der Waals surface area contributed by atoms with Crippen LogP contribution in [0.4, 0.5) is 14.5 Å². The van der Waals surface area contributed by atoms with Crippen molar-refractivity contribution in [2.45, 2.75) is 0 Å². The van der Waals surface area contributed by atoms with Gasteiger partial charge in [-0.1, -0.05) is 0 Å². The Hall–Kier alpha value is -1.21. The molecular formula is C12H8Br2F2N2O. The molecule has 0 fully saturated rings. The van der Waals surface area contributed by atoms with E-state index in [4.69, 9.17) is 0 Å². The van der Waals surface area contributed by atoms with E-state index in [0.29, 0.717) is 5.69 Å². The maximum Gasteiger partial charge on any atom is 0.272 e. The second-order valence-corrected chi connectivity index (χ2v) is 5.62. The van der Waals surface area contributed by atoms with Gasteiger partial charge in [-0.25, -0.2) is 8.78 Å². The minimum atomic E-state index is -0.713.